The molecule has 2 rings (SSSR count). The zero-order valence-electron chi connectivity index (χ0n) is 14.8. The Labute approximate surface area is 142 Å². The maximum Gasteiger partial charge on any atom is 0.336 e. The molecule has 0 aromatic carbocycles. The summed E-state index contributed by atoms with van der Waals surface area (Å²) in [5.41, 5.74) is 0.571. The van der Waals surface area contributed by atoms with Crippen molar-refractivity contribution in [3.63, 3.8) is 0 Å². The number of carboxylic acid groups (broad SMARTS) is 1. The third-order valence-electron chi connectivity index (χ3n) is 5.34. The molecule has 1 saturated carbocycles. The summed E-state index contributed by atoms with van der Waals surface area (Å²) in [5, 5.41) is 11.5. The molecule has 134 valence electrons. The Hall–Kier alpha value is -1.85. The topological polar surface area (TPSA) is 92.7 Å². The van der Waals surface area contributed by atoms with Crippen LogP contribution in [0.25, 0.3) is 0 Å². The molecule has 6 nitrogen and oxygen atoms in total. The normalized spacial score (nSPS) is 30.5. The maximum atomic E-state index is 12.6. The van der Waals surface area contributed by atoms with Crippen LogP contribution >= 0.6 is 0 Å². The molecule has 1 fully saturated rings. The summed E-state index contributed by atoms with van der Waals surface area (Å²) in [5.74, 6) is -1.75. The predicted octanol–water partition coefficient (Wildman–Crippen LogP) is 2.49. The van der Waals surface area contributed by atoms with Crippen LogP contribution in [0, 0.1) is 23.7 Å². The number of aliphatic carboxylic acids is 1. The lowest BCUT2D eigenvalue weighted by Crippen LogP contribution is -2.35. The van der Waals surface area contributed by atoms with E-state index in [9.17, 15) is 14.4 Å². The molecule has 1 aliphatic heterocycles. The fourth-order valence-corrected chi connectivity index (χ4v) is 3.68. The molecule has 1 heterocycles. The molecular formula is C18H27NO5. The lowest BCUT2D eigenvalue weighted by atomic mass is 9.76. The highest BCUT2D eigenvalue weighted by Crippen LogP contribution is 2.36. The van der Waals surface area contributed by atoms with Crippen LogP contribution in [0.1, 0.15) is 53.4 Å². The molecule has 0 saturated heterocycles. The third-order valence-corrected chi connectivity index (χ3v) is 5.34. The van der Waals surface area contributed by atoms with Crippen LogP contribution in [0.2, 0.25) is 0 Å². The first kappa shape index (κ1) is 18.5. The SMILES string of the molecule is CC1=C(C(=O)O[C@@H]2C[C@H](C(C)C)CC[C@H]2C)[C@H](CC(=O)O)C(=O)N1. The smallest absolute Gasteiger partial charge is 0.336 e. The fourth-order valence-electron chi connectivity index (χ4n) is 3.68. The van der Waals surface area contributed by atoms with Crippen LogP contribution in [0.3, 0.4) is 0 Å². The van der Waals surface area contributed by atoms with Crippen molar-refractivity contribution in [1.82, 2.24) is 5.32 Å². The number of carboxylic acids is 1. The highest BCUT2D eigenvalue weighted by molar-refractivity contribution is 6.03. The molecule has 0 aromatic heterocycles. The van der Waals surface area contributed by atoms with Crippen LogP contribution in [0.4, 0.5) is 0 Å². The fraction of sp³-hybridized carbons (Fsp3) is 0.722. The summed E-state index contributed by atoms with van der Waals surface area (Å²) < 4.78 is 5.72. The lowest BCUT2D eigenvalue weighted by Gasteiger charge is -2.35. The van der Waals surface area contributed by atoms with Gasteiger partial charge >= 0.3 is 11.9 Å². The lowest BCUT2D eigenvalue weighted by molar-refractivity contribution is -0.151. The number of amides is 1. The quantitative estimate of drug-likeness (QED) is 0.752. The standard InChI is InChI=1S/C18H27NO5/c1-9(2)12-6-5-10(3)14(7-12)24-18(23)16-11(4)19-17(22)13(16)8-15(20)21/h9-10,12-14H,5-8H2,1-4H3,(H,19,22)(H,20,21)/t10-,12-,13+,14-/m1/s1. The van der Waals surface area contributed by atoms with E-state index in [0.717, 1.165) is 19.3 Å². The summed E-state index contributed by atoms with van der Waals surface area (Å²) >= 11 is 0. The number of carbonyl (C=O) groups is 3. The maximum absolute atomic E-state index is 12.6. The van der Waals surface area contributed by atoms with E-state index in [1.165, 1.54) is 0 Å². The Morgan fingerprint density at radius 1 is 1.33 bits per heavy atom. The van der Waals surface area contributed by atoms with Crippen LogP contribution in [0.5, 0.6) is 0 Å². The van der Waals surface area contributed by atoms with Crippen molar-refractivity contribution in [3.8, 4) is 0 Å². The Morgan fingerprint density at radius 2 is 2.00 bits per heavy atom. The largest absolute Gasteiger partial charge is 0.481 e. The second kappa shape index (κ2) is 7.36. The highest BCUT2D eigenvalue weighted by atomic mass is 16.5. The van der Waals surface area contributed by atoms with E-state index >= 15 is 0 Å². The Kier molecular flexibility index (Phi) is 5.67. The minimum absolute atomic E-state index is 0.168. The van der Waals surface area contributed by atoms with Gasteiger partial charge < -0.3 is 15.2 Å². The molecule has 24 heavy (non-hydrogen) atoms. The Morgan fingerprint density at radius 3 is 2.58 bits per heavy atom. The van der Waals surface area contributed by atoms with Gasteiger partial charge in [-0.2, -0.15) is 0 Å². The van der Waals surface area contributed by atoms with Gasteiger partial charge in [0, 0.05) is 5.70 Å². The molecule has 4 atom stereocenters. The second-order valence-electron chi connectivity index (χ2n) is 7.42. The predicted molar refractivity (Wildman–Crippen MR) is 87.8 cm³/mol. The molecule has 0 aromatic rings. The molecule has 1 amide bonds. The number of allylic oxidation sites excluding steroid dienone is 1. The van der Waals surface area contributed by atoms with Gasteiger partial charge in [-0.1, -0.05) is 20.8 Å². The Bertz CT molecular complexity index is 566. The molecule has 2 N–H and O–H groups in total. The average molecular weight is 337 g/mol. The van der Waals surface area contributed by atoms with Crippen molar-refractivity contribution in [1.29, 1.82) is 0 Å². The first-order valence-electron chi connectivity index (χ1n) is 8.65. The summed E-state index contributed by atoms with van der Waals surface area (Å²) in [6.45, 7) is 8.03. The van der Waals surface area contributed by atoms with Gasteiger partial charge in [-0.3, -0.25) is 9.59 Å². The Balaban J connectivity index is 2.11. The first-order chi connectivity index (χ1) is 11.2. The number of rotatable bonds is 5. The van der Waals surface area contributed by atoms with E-state index in [0.29, 0.717) is 17.5 Å². The van der Waals surface area contributed by atoms with Gasteiger partial charge in [-0.15, -0.1) is 0 Å². The van der Waals surface area contributed by atoms with Crippen LogP contribution in [0.15, 0.2) is 11.3 Å². The van der Waals surface area contributed by atoms with E-state index in [1.807, 2.05) is 0 Å². The van der Waals surface area contributed by atoms with Crippen LogP contribution in [-0.4, -0.2) is 29.1 Å². The van der Waals surface area contributed by atoms with E-state index in [2.05, 4.69) is 26.1 Å². The summed E-state index contributed by atoms with van der Waals surface area (Å²) in [6.07, 6.45) is 2.38. The van der Waals surface area contributed by atoms with E-state index in [-0.39, 0.29) is 17.6 Å². The van der Waals surface area contributed by atoms with Gasteiger partial charge in [0.25, 0.3) is 0 Å². The molecule has 0 unspecified atom stereocenters. The second-order valence-corrected chi connectivity index (χ2v) is 7.42. The molecule has 6 heteroatoms. The average Bonchev–Trinajstić information content (AvgIpc) is 2.74. The molecular weight excluding hydrogens is 310 g/mol. The first-order valence-corrected chi connectivity index (χ1v) is 8.65. The molecule has 0 radical (unpaired) electrons. The zero-order chi connectivity index (χ0) is 18.0. The molecule has 2 aliphatic rings. The number of esters is 1. The molecule has 1 aliphatic carbocycles. The van der Waals surface area contributed by atoms with Crippen molar-refractivity contribution in [2.45, 2.75) is 59.5 Å². The van der Waals surface area contributed by atoms with Crippen molar-refractivity contribution >= 4 is 17.8 Å². The minimum atomic E-state index is -1.11. The van der Waals surface area contributed by atoms with Crippen LogP contribution in [-0.2, 0) is 19.1 Å². The number of nitrogens with one attached hydrogen (secondary N) is 1. The van der Waals surface area contributed by atoms with Gasteiger partial charge in [0.1, 0.15) is 6.10 Å². The van der Waals surface area contributed by atoms with Gasteiger partial charge in [0.2, 0.25) is 5.91 Å². The molecule has 0 bridgehead atoms. The summed E-state index contributed by atoms with van der Waals surface area (Å²) in [4.78, 5) is 35.5. The van der Waals surface area contributed by atoms with E-state index in [1.54, 1.807) is 6.92 Å². The minimum Gasteiger partial charge on any atom is -0.481 e. The highest BCUT2D eigenvalue weighted by Gasteiger charge is 2.40. The van der Waals surface area contributed by atoms with Crippen molar-refractivity contribution in [2.75, 3.05) is 0 Å². The van der Waals surface area contributed by atoms with Gasteiger partial charge in [0.05, 0.1) is 17.9 Å². The van der Waals surface area contributed by atoms with Gasteiger partial charge in [-0.25, -0.2) is 4.79 Å². The van der Waals surface area contributed by atoms with Crippen molar-refractivity contribution in [3.05, 3.63) is 11.3 Å². The van der Waals surface area contributed by atoms with Gasteiger partial charge in [0.15, 0.2) is 0 Å². The zero-order valence-corrected chi connectivity index (χ0v) is 14.8. The number of ether oxygens (including phenoxy) is 1. The number of hydrogen-bond acceptors (Lipinski definition) is 4. The number of carbonyl (C=O) groups excluding carboxylic acids is 2. The van der Waals surface area contributed by atoms with Crippen LogP contribution < -0.4 is 5.32 Å². The molecule has 0 spiro atoms. The van der Waals surface area contributed by atoms with Gasteiger partial charge in [-0.05, 0) is 43.9 Å². The van der Waals surface area contributed by atoms with Crippen molar-refractivity contribution < 1.29 is 24.2 Å². The number of hydrogen-bond donors (Lipinski definition) is 2. The summed E-state index contributed by atoms with van der Waals surface area (Å²) in [7, 11) is 0. The van der Waals surface area contributed by atoms with E-state index in [4.69, 9.17) is 9.84 Å². The third kappa shape index (κ3) is 3.97. The van der Waals surface area contributed by atoms with E-state index < -0.39 is 30.2 Å². The monoisotopic (exact) mass is 337 g/mol. The van der Waals surface area contributed by atoms with Crippen molar-refractivity contribution in [2.24, 2.45) is 23.7 Å². The summed E-state index contributed by atoms with van der Waals surface area (Å²) in [6, 6.07) is 0.